The number of nitrogens with two attached hydrogens (primary N) is 2. The first-order chi connectivity index (χ1) is 8.35. The standard InChI is InChI=1S/C11H19N3O4/c12-8(15)4-3-7(9(16)17)14-10(18)11(13)5-1-2-6-11/h7H,1-6,13H2,(H2,12,15)(H,14,18)(H,16,17). The summed E-state index contributed by atoms with van der Waals surface area (Å²) in [6.07, 6.45) is 2.73. The number of rotatable bonds is 6. The van der Waals surface area contributed by atoms with E-state index in [0.717, 1.165) is 12.8 Å². The van der Waals surface area contributed by atoms with Crippen molar-refractivity contribution in [2.75, 3.05) is 0 Å². The second kappa shape index (κ2) is 5.81. The Labute approximate surface area is 105 Å². The number of carboxylic acid groups (broad SMARTS) is 1. The molecule has 0 heterocycles. The van der Waals surface area contributed by atoms with Gasteiger partial charge >= 0.3 is 5.97 Å². The predicted octanol–water partition coefficient (Wildman–Crippen LogP) is -0.907. The molecular formula is C11H19N3O4. The number of aliphatic carboxylic acids is 1. The van der Waals surface area contributed by atoms with E-state index in [-0.39, 0.29) is 12.8 Å². The summed E-state index contributed by atoms with van der Waals surface area (Å²) < 4.78 is 0. The monoisotopic (exact) mass is 257 g/mol. The van der Waals surface area contributed by atoms with Gasteiger partial charge in [-0.05, 0) is 19.3 Å². The van der Waals surface area contributed by atoms with E-state index in [0.29, 0.717) is 12.8 Å². The van der Waals surface area contributed by atoms with Crippen molar-refractivity contribution in [2.24, 2.45) is 11.5 Å². The number of carbonyl (C=O) groups excluding carboxylic acids is 2. The molecule has 7 nitrogen and oxygen atoms in total. The Balaban J connectivity index is 2.57. The van der Waals surface area contributed by atoms with Crippen molar-refractivity contribution in [3.8, 4) is 0 Å². The van der Waals surface area contributed by atoms with Crippen molar-refractivity contribution in [3.63, 3.8) is 0 Å². The van der Waals surface area contributed by atoms with Gasteiger partial charge in [-0.2, -0.15) is 0 Å². The smallest absolute Gasteiger partial charge is 0.326 e. The Kier molecular flexibility index (Phi) is 4.66. The van der Waals surface area contributed by atoms with Crippen molar-refractivity contribution in [1.29, 1.82) is 0 Å². The molecule has 0 bridgehead atoms. The van der Waals surface area contributed by atoms with Crippen molar-refractivity contribution < 1.29 is 19.5 Å². The number of carboxylic acids is 1. The SMILES string of the molecule is NC(=O)CCC(NC(=O)C1(N)CCCC1)C(=O)O. The molecule has 1 rings (SSSR count). The third kappa shape index (κ3) is 3.69. The molecule has 18 heavy (non-hydrogen) atoms. The minimum absolute atomic E-state index is 0.0213. The van der Waals surface area contributed by atoms with Crippen LogP contribution in [-0.2, 0) is 14.4 Å². The quantitative estimate of drug-likeness (QED) is 0.488. The summed E-state index contributed by atoms with van der Waals surface area (Å²) in [6, 6.07) is -1.12. The number of hydrogen-bond donors (Lipinski definition) is 4. The highest BCUT2D eigenvalue weighted by Crippen LogP contribution is 2.27. The molecule has 1 fully saturated rings. The molecule has 0 radical (unpaired) electrons. The van der Waals surface area contributed by atoms with Gasteiger partial charge in [0.1, 0.15) is 6.04 Å². The highest BCUT2D eigenvalue weighted by atomic mass is 16.4. The van der Waals surface area contributed by atoms with E-state index in [1.807, 2.05) is 0 Å². The lowest BCUT2D eigenvalue weighted by molar-refractivity contribution is -0.143. The van der Waals surface area contributed by atoms with Crippen LogP contribution < -0.4 is 16.8 Å². The largest absolute Gasteiger partial charge is 0.480 e. The molecule has 0 aliphatic heterocycles. The summed E-state index contributed by atoms with van der Waals surface area (Å²) >= 11 is 0. The molecule has 1 atom stereocenters. The van der Waals surface area contributed by atoms with Crippen molar-refractivity contribution >= 4 is 17.8 Å². The predicted molar refractivity (Wildman–Crippen MR) is 63.4 cm³/mol. The fourth-order valence-corrected chi connectivity index (χ4v) is 2.08. The van der Waals surface area contributed by atoms with Crippen molar-refractivity contribution in [2.45, 2.75) is 50.1 Å². The highest BCUT2D eigenvalue weighted by Gasteiger charge is 2.38. The van der Waals surface area contributed by atoms with E-state index < -0.39 is 29.4 Å². The molecule has 1 aliphatic carbocycles. The van der Waals surface area contributed by atoms with Crippen LogP contribution in [0.5, 0.6) is 0 Å². The van der Waals surface area contributed by atoms with Crippen LogP contribution in [0.4, 0.5) is 0 Å². The maximum absolute atomic E-state index is 11.9. The van der Waals surface area contributed by atoms with Crippen molar-refractivity contribution in [1.82, 2.24) is 5.32 Å². The maximum atomic E-state index is 11.9. The molecule has 0 spiro atoms. The molecular weight excluding hydrogens is 238 g/mol. The summed E-state index contributed by atoms with van der Waals surface area (Å²) in [5, 5.41) is 11.3. The summed E-state index contributed by atoms with van der Waals surface area (Å²) in [6.45, 7) is 0. The van der Waals surface area contributed by atoms with E-state index in [4.69, 9.17) is 16.6 Å². The van der Waals surface area contributed by atoms with Crippen molar-refractivity contribution in [3.05, 3.63) is 0 Å². The molecule has 102 valence electrons. The number of carbonyl (C=O) groups is 3. The zero-order valence-corrected chi connectivity index (χ0v) is 10.1. The van der Waals surface area contributed by atoms with Crippen LogP contribution in [0.1, 0.15) is 38.5 Å². The Morgan fingerprint density at radius 2 is 1.83 bits per heavy atom. The van der Waals surface area contributed by atoms with Gasteiger partial charge in [-0.25, -0.2) is 4.79 Å². The summed E-state index contributed by atoms with van der Waals surface area (Å²) in [5.41, 5.74) is 9.89. The normalized spacial score (nSPS) is 19.2. The van der Waals surface area contributed by atoms with Gasteiger partial charge in [-0.15, -0.1) is 0 Å². The summed E-state index contributed by atoms with van der Waals surface area (Å²) in [5.74, 6) is -2.25. The lowest BCUT2D eigenvalue weighted by Crippen LogP contribution is -2.56. The zero-order chi connectivity index (χ0) is 13.8. The lowest BCUT2D eigenvalue weighted by Gasteiger charge is -2.24. The van der Waals surface area contributed by atoms with Gasteiger partial charge in [0, 0.05) is 6.42 Å². The van der Waals surface area contributed by atoms with E-state index in [1.54, 1.807) is 0 Å². The molecule has 0 saturated heterocycles. The second-order valence-electron chi connectivity index (χ2n) is 4.73. The van der Waals surface area contributed by atoms with Crippen LogP contribution in [0.2, 0.25) is 0 Å². The first-order valence-electron chi connectivity index (χ1n) is 5.96. The van der Waals surface area contributed by atoms with Crippen LogP contribution in [0.25, 0.3) is 0 Å². The molecule has 2 amide bonds. The highest BCUT2D eigenvalue weighted by molar-refractivity contribution is 5.90. The Morgan fingerprint density at radius 1 is 1.28 bits per heavy atom. The van der Waals surface area contributed by atoms with E-state index in [2.05, 4.69) is 5.32 Å². The van der Waals surface area contributed by atoms with Crippen LogP contribution in [0.3, 0.4) is 0 Å². The lowest BCUT2D eigenvalue weighted by atomic mass is 9.97. The number of amides is 2. The molecule has 6 N–H and O–H groups in total. The molecule has 1 saturated carbocycles. The average molecular weight is 257 g/mol. The molecule has 0 aromatic carbocycles. The first-order valence-corrected chi connectivity index (χ1v) is 5.96. The molecule has 7 heteroatoms. The fourth-order valence-electron chi connectivity index (χ4n) is 2.08. The minimum atomic E-state index is -1.19. The van der Waals surface area contributed by atoms with Gasteiger partial charge in [0.15, 0.2) is 0 Å². The molecule has 0 aromatic heterocycles. The molecule has 1 unspecified atom stereocenters. The molecule has 0 aromatic rings. The first kappa shape index (κ1) is 14.4. The Morgan fingerprint density at radius 3 is 2.28 bits per heavy atom. The average Bonchev–Trinajstić information content (AvgIpc) is 2.71. The summed E-state index contributed by atoms with van der Waals surface area (Å²) in [4.78, 5) is 33.5. The van der Waals surface area contributed by atoms with Crippen LogP contribution in [0.15, 0.2) is 0 Å². The zero-order valence-electron chi connectivity index (χ0n) is 10.1. The Hall–Kier alpha value is -1.63. The number of primary amides is 1. The maximum Gasteiger partial charge on any atom is 0.326 e. The second-order valence-corrected chi connectivity index (χ2v) is 4.73. The van der Waals surface area contributed by atoms with Gasteiger partial charge in [-0.3, -0.25) is 9.59 Å². The Bertz CT molecular complexity index is 350. The van der Waals surface area contributed by atoms with Crippen LogP contribution in [0, 0.1) is 0 Å². The van der Waals surface area contributed by atoms with Crippen LogP contribution >= 0.6 is 0 Å². The fraction of sp³-hybridized carbons (Fsp3) is 0.727. The summed E-state index contributed by atoms with van der Waals surface area (Å²) in [7, 11) is 0. The molecule has 1 aliphatic rings. The van der Waals surface area contributed by atoms with Gasteiger partial charge < -0.3 is 21.9 Å². The van der Waals surface area contributed by atoms with Gasteiger partial charge in [0.05, 0.1) is 5.54 Å². The van der Waals surface area contributed by atoms with Gasteiger partial charge in [-0.1, -0.05) is 12.8 Å². The number of hydrogen-bond acceptors (Lipinski definition) is 4. The minimum Gasteiger partial charge on any atom is -0.480 e. The third-order valence-corrected chi connectivity index (χ3v) is 3.23. The van der Waals surface area contributed by atoms with Gasteiger partial charge in [0.25, 0.3) is 0 Å². The third-order valence-electron chi connectivity index (χ3n) is 3.23. The van der Waals surface area contributed by atoms with E-state index in [9.17, 15) is 14.4 Å². The van der Waals surface area contributed by atoms with Gasteiger partial charge in [0.2, 0.25) is 11.8 Å². The van der Waals surface area contributed by atoms with E-state index >= 15 is 0 Å². The van der Waals surface area contributed by atoms with Crippen LogP contribution in [-0.4, -0.2) is 34.5 Å². The topological polar surface area (TPSA) is 136 Å². The number of nitrogens with one attached hydrogen (secondary N) is 1. The van der Waals surface area contributed by atoms with E-state index in [1.165, 1.54) is 0 Å².